The van der Waals surface area contributed by atoms with Crippen molar-refractivity contribution in [2.24, 2.45) is 32.0 Å². The van der Waals surface area contributed by atoms with Gasteiger partial charge in [0.2, 0.25) is 5.96 Å². The Balaban J connectivity index is 1.95. The van der Waals surface area contributed by atoms with Gasteiger partial charge in [0.05, 0.1) is 12.0 Å². The number of alkyl halides is 3. The standard InChI is InChI=1S/C15H23F3N6/c1-9-7-10(2)22-12-14(9,3)11(19)23-13(24-12)21-6-4-5-20-8-15(16,17)18/h7,9,20H,4-6,8H2,1-3H3,(H3,19,21,22,23,24). The van der Waals surface area contributed by atoms with Crippen LogP contribution in [0.15, 0.2) is 26.8 Å². The molecule has 6 nitrogen and oxygen atoms in total. The number of aliphatic imine (C=N–C) groups is 3. The SMILES string of the molecule is CC1=CC(C)C2(C)C(N)=NC(=NCCCNCC(F)(F)F)NC2=N1. The molecule has 2 unspecified atom stereocenters. The highest BCUT2D eigenvalue weighted by molar-refractivity contribution is 6.21. The average molecular weight is 344 g/mol. The molecule has 2 rings (SSSR count). The van der Waals surface area contributed by atoms with Crippen LogP contribution in [0, 0.1) is 11.3 Å². The first-order chi connectivity index (χ1) is 11.1. The molecule has 0 radical (unpaired) electrons. The van der Waals surface area contributed by atoms with E-state index < -0.39 is 18.1 Å². The number of allylic oxidation sites excluding steroid dienone is 2. The molecule has 0 aliphatic carbocycles. The Labute approximate surface area is 139 Å². The zero-order valence-corrected chi connectivity index (χ0v) is 14.0. The monoisotopic (exact) mass is 344 g/mol. The van der Waals surface area contributed by atoms with E-state index in [2.05, 4.69) is 32.5 Å². The summed E-state index contributed by atoms with van der Waals surface area (Å²) in [6.45, 7) is 5.52. The molecular formula is C15H23F3N6. The molecule has 24 heavy (non-hydrogen) atoms. The maximum absolute atomic E-state index is 12.0. The lowest BCUT2D eigenvalue weighted by atomic mass is 9.73. The van der Waals surface area contributed by atoms with Gasteiger partial charge in [0.25, 0.3) is 0 Å². The third-order valence-electron chi connectivity index (χ3n) is 4.27. The highest BCUT2D eigenvalue weighted by Gasteiger charge is 2.44. The summed E-state index contributed by atoms with van der Waals surface area (Å²) in [6.07, 6.45) is -1.68. The Morgan fingerprint density at radius 2 is 2.12 bits per heavy atom. The van der Waals surface area contributed by atoms with Gasteiger partial charge < -0.3 is 16.4 Å². The molecule has 2 aliphatic heterocycles. The molecule has 2 aliphatic rings. The van der Waals surface area contributed by atoms with Crippen molar-refractivity contribution in [1.29, 1.82) is 0 Å². The Morgan fingerprint density at radius 3 is 2.79 bits per heavy atom. The number of hydrogen-bond acceptors (Lipinski definition) is 4. The van der Waals surface area contributed by atoms with Crippen LogP contribution in [-0.2, 0) is 0 Å². The first-order valence-electron chi connectivity index (χ1n) is 7.84. The van der Waals surface area contributed by atoms with Crippen LogP contribution in [0.3, 0.4) is 0 Å². The molecule has 0 saturated carbocycles. The van der Waals surface area contributed by atoms with E-state index in [9.17, 15) is 13.2 Å². The van der Waals surface area contributed by atoms with Gasteiger partial charge in [-0.05, 0) is 32.7 Å². The molecule has 2 heterocycles. The minimum absolute atomic E-state index is 0.148. The van der Waals surface area contributed by atoms with Crippen molar-refractivity contribution in [3.05, 3.63) is 11.8 Å². The van der Waals surface area contributed by atoms with Crippen LogP contribution in [0.5, 0.6) is 0 Å². The third kappa shape index (κ3) is 4.14. The number of nitrogens with zero attached hydrogens (tertiary/aromatic N) is 3. The van der Waals surface area contributed by atoms with Gasteiger partial charge in [-0.3, -0.25) is 4.99 Å². The average Bonchev–Trinajstić information content (AvgIpc) is 2.45. The van der Waals surface area contributed by atoms with Crippen molar-refractivity contribution in [2.75, 3.05) is 19.6 Å². The van der Waals surface area contributed by atoms with E-state index in [1.165, 1.54) is 0 Å². The van der Waals surface area contributed by atoms with E-state index in [4.69, 9.17) is 5.73 Å². The minimum atomic E-state index is -4.19. The fraction of sp³-hybridized carbons (Fsp3) is 0.667. The highest BCUT2D eigenvalue weighted by atomic mass is 19.4. The summed E-state index contributed by atoms with van der Waals surface area (Å²) >= 11 is 0. The predicted octanol–water partition coefficient (Wildman–Crippen LogP) is 1.80. The normalized spacial score (nSPS) is 28.7. The fourth-order valence-electron chi connectivity index (χ4n) is 2.64. The number of guanidine groups is 1. The lowest BCUT2D eigenvalue weighted by molar-refractivity contribution is -0.124. The van der Waals surface area contributed by atoms with Gasteiger partial charge in [0, 0.05) is 12.2 Å². The zero-order valence-electron chi connectivity index (χ0n) is 14.0. The van der Waals surface area contributed by atoms with Gasteiger partial charge in [-0.2, -0.15) is 18.2 Å². The number of rotatable bonds is 5. The van der Waals surface area contributed by atoms with Crippen molar-refractivity contribution in [1.82, 2.24) is 10.6 Å². The number of amidine groups is 2. The van der Waals surface area contributed by atoms with Gasteiger partial charge in [0.1, 0.15) is 11.7 Å². The molecular weight excluding hydrogens is 321 g/mol. The van der Waals surface area contributed by atoms with E-state index in [0.29, 0.717) is 30.6 Å². The van der Waals surface area contributed by atoms with Crippen LogP contribution >= 0.6 is 0 Å². The summed E-state index contributed by atoms with van der Waals surface area (Å²) < 4.78 is 36.0. The second-order valence-corrected chi connectivity index (χ2v) is 6.23. The van der Waals surface area contributed by atoms with E-state index in [0.717, 1.165) is 5.70 Å². The second kappa shape index (κ2) is 6.92. The number of halogens is 3. The Hall–Kier alpha value is -1.90. The summed E-state index contributed by atoms with van der Waals surface area (Å²) in [5.41, 5.74) is 6.53. The Bertz CT molecular complexity index is 605. The number of hydrogen-bond donors (Lipinski definition) is 3. The predicted molar refractivity (Wildman–Crippen MR) is 89.1 cm³/mol. The van der Waals surface area contributed by atoms with Gasteiger partial charge in [-0.25, -0.2) is 4.99 Å². The van der Waals surface area contributed by atoms with Crippen molar-refractivity contribution < 1.29 is 13.2 Å². The maximum Gasteiger partial charge on any atom is 0.401 e. The Kier molecular flexibility index (Phi) is 5.32. The van der Waals surface area contributed by atoms with Gasteiger partial charge >= 0.3 is 6.18 Å². The number of fused-ring (bicyclic) bond motifs is 1. The van der Waals surface area contributed by atoms with Crippen LogP contribution < -0.4 is 16.4 Å². The van der Waals surface area contributed by atoms with Crippen LogP contribution in [0.2, 0.25) is 0 Å². The molecule has 0 aromatic rings. The molecule has 0 spiro atoms. The molecule has 134 valence electrons. The van der Waals surface area contributed by atoms with Crippen molar-refractivity contribution in [2.45, 2.75) is 33.4 Å². The van der Waals surface area contributed by atoms with E-state index in [1.54, 1.807) is 0 Å². The summed E-state index contributed by atoms with van der Waals surface area (Å²) in [5.74, 6) is 1.64. The molecule has 2 atom stereocenters. The molecule has 0 bridgehead atoms. The molecule has 0 fully saturated rings. The summed E-state index contributed by atoms with van der Waals surface area (Å²) in [7, 11) is 0. The molecule has 9 heteroatoms. The van der Waals surface area contributed by atoms with Crippen molar-refractivity contribution in [3.63, 3.8) is 0 Å². The highest BCUT2D eigenvalue weighted by Crippen LogP contribution is 2.36. The summed E-state index contributed by atoms with van der Waals surface area (Å²) in [6, 6.07) is 0. The lowest BCUT2D eigenvalue weighted by Crippen LogP contribution is -2.57. The fourth-order valence-corrected chi connectivity index (χ4v) is 2.64. The first-order valence-corrected chi connectivity index (χ1v) is 7.84. The van der Waals surface area contributed by atoms with Gasteiger partial charge in [-0.15, -0.1) is 0 Å². The molecule has 0 amide bonds. The topological polar surface area (TPSA) is 87.2 Å². The minimum Gasteiger partial charge on any atom is -0.386 e. The van der Waals surface area contributed by atoms with Crippen molar-refractivity contribution >= 4 is 17.6 Å². The van der Waals surface area contributed by atoms with Crippen LogP contribution in [0.4, 0.5) is 13.2 Å². The largest absolute Gasteiger partial charge is 0.401 e. The van der Waals surface area contributed by atoms with Crippen molar-refractivity contribution in [3.8, 4) is 0 Å². The first kappa shape index (κ1) is 18.4. The van der Waals surface area contributed by atoms with E-state index in [1.807, 2.05) is 19.9 Å². The van der Waals surface area contributed by atoms with E-state index in [-0.39, 0.29) is 12.5 Å². The summed E-state index contributed by atoms with van der Waals surface area (Å²) in [4.78, 5) is 13.0. The molecule has 0 saturated heterocycles. The quantitative estimate of drug-likeness (QED) is 0.665. The maximum atomic E-state index is 12.0. The molecule has 0 aromatic heterocycles. The lowest BCUT2D eigenvalue weighted by Gasteiger charge is -2.40. The number of nitrogens with two attached hydrogens (primary N) is 1. The van der Waals surface area contributed by atoms with Gasteiger partial charge in [0.15, 0.2) is 0 Å². The summed E-state index contributed by atoms with van der Waals surface area (Å²) in [5, 5.41) is 5.42. The Morgan fingerprint density at radius 1 is 1.42 bits per heavy atom. The third-order valence-corrected chi connectivity index (χ3v) is 4.27. The van der Waals surface area contributed by atoms with Crippen LogP contribution in [0.25, 0.3) is 0 Å². The van der Waals surface area contributed by atoms with Gasteiger partial charge in [-0.1, -0.05) is 13.0 Å². The van der Waals surface area contributed by atoms with Crippen LogP contribution in [-0.4, -0.2) is 43.4 Å². The molecule has 4 N–H and O–H groups in total. The second-order valence-electron chi connectivity index (χ2n) is 6.23. The number of nitrogens with one attached hydrogen (secondary N) is 2. The van der Waals surface area contributed by atoms with Crippen LogP contribution in [0.1, 0.15) is 27.2 Å². The zero-order chi connectivity index (χ0) is 18.0. The molecule has 0 aromatic carbocycles. The smallest absolute Gasteiger partial charge is 0.386 e. The van der Waals surface area contributed by atoms with E-state index >= 15 is 0 Å².